The second-order valence-corrected chi connectivity index (χ2v) is 5.92. The van der Waals surface area contributed by atoms with E-state index in [0.29, 0.717) is 11.3 Å². The second kappa shape index (κ2) is 4.04. The molecular weight excluding hydrogens is 268 g/mol. The first-order valence-electron chi connectivity index (χ1n) is 7.04. The van der Waals surface area contributed by atoms with Gasteiger partial charge in [0.25, 0.3) is 0 Å². The zero-order valence-electron chi connectivity index (χ0n) is 11.2. The molecule has 21 heavy (non-hydrogen) atoms. The number of carbonyl (C=O) groups excluding carboxylic acids is 3. The third kappa shape index (κ3) is 1.54. The van der Waals surface area contributed by atoms with E-state index in [1.165, 1.54) is 4.90 Å². The van der Waals surface area contributed by atoms with Crippen molar-refractivity contribution in [3.05, 3.63) is 42.0 Å². The van der Waals surface area contributed by atoms with Gasteiger partial charge in [-0.3, -0.25) is 19.3 Å². The van der Waals surface area contributed by atoms with Crippen LogP contribution in [0.15, 0.2) is 36.4 Å². The maximum Gasteiger partial charge on any atom is 0.248 e. The molecule has 0 spiro atoms. The van der Waals surface area contributed by atoms with Crippen molar-refractivity contribution in [3.63, 3.8) is 0 Å². The lowest BCUT2D eigenvalue weighted by Crippen LogP contribution is -2.32. The monoisotopic (exact) mass is 282 g/mol. The predicted molar refractivity (Wildman–Crippen MR) is 75.2 cm³/mol. The second-order valence-electron chi connectivity index (χ2n) is 5.92. The highest BCUT2D eigenvalue weighted by atomic mass is 16.2. The van der Waals surface area contributed by atoms with Crippen molar-refractivity contribution in [2.45, 2.75) is 6.42 Å². The summed E-state index contributed by atoms with van der Waals surface area (Å²) in [5.74, 6) is -0.772. The largest absolute Gasteiger partial charge is 0.366 e. The fourth-order valence-electron chi connectivity index (χ4n) is 3.93. The van der Waals surface area contributed by atoms with E-state index in [9.17, 15) is 14.4 Å². The summed E-state index contributed by atoms with van der Waals surface area (Å²) in [5, 5.41) is 0. The minimum absolute atomic E-state index is 0.117. The summed E-state index contributed by atoms with van der Waals surface area (Å²) in [6.45, 7) is 0. The molecule has 2 bridgehead atoms. The van der Waals surface area contributed by atoms with Gasteiger partial charge in [0.2, 0.25) is 17.7 Å². The van der Waals surface area contributed by atoms with Gasteiger partial charge in [-0.15, -0.1) is 0 Å². The number of amides is 3. The van der Waals surface area contributed by atoms with Crippen LogP contribution in [0.5, 0.6) is 0 Å². The van der Waals surface area contributed by atoms with Crippen LogP contribution in [0.4, 0.5) is 5.69 Å². The number of hydrogen-bond acceptors (Lipinski definition) is 3. The molecule has 1 heterocycles. The number of carbonyl (C=O) groups is 3. The summed E-state index contributed by atoms with van der Waals surface area (Å²) in [7, 11) is 0. The van der Waals surface area contributed by atoms with Crippen molar-refractivity contribution < 1.29 is 14.4 Å². The zero-order valence-corrected chi connectivity index (χ0v) is 11.2. The lowest BCUT2D eigenvalue weighted by molar-refractivity contribution is -0.123. The summed E-state index contributed by atoms with van der Waals surface area (Å²) < 4.78 is 0. The molecule has 4 rings (SSSR count). The molecule has 1 aliphatic heterocycles. The summed E-state index contributed by atoms with van der Waals surface area (Å²) >= 11 is 0. The third-order valence-electron chi connectivity index (χ3n) is 4.88. The van der Waals surface area contributed by atoms with Gasteiger partial charge in [0.05, 0.1) is 17.5 Å². The average Bonchev–Trinajstić information content (AvgIpc) is 3.13. The maximum absolute atomic E-state index is 12.6. The van der Waals surface area contributed by atoms with Crippen LogP contribution < -0.4 is 10.6 Å². The maximum atomic E-state index is 12.6. The van der Waals surface area contributed by atoms with Crippen LogP contribution >= 0.6 is 0 Å². The van der Waals surface area contributed by atoms with E-state index in [0.717, 1.165) is 6.42 Å². The van der Waals surface area contributed by atoms with E-state index in [-0.39, 0.29) is 35.5 Å². The molecule has 0 aromatic heterocycles. The van der Waals surface area contributed by atoms with E-state index in [1.54, 1.807) is 24.3 Å². The SMILES string of the molecule is NC(=O)c1ccc(N2C(=O)[C@@H]3[C@@H](C2=O)[C@H]2C=C[C@@H]3C2)cc1. The highest BCUT2D eigenvalue weighted by Crippen LogP contribution is 2.53. The first-order valence-corrected chi connectivity index (χ1v) is 7.04. The summed E-state index contributed by atoms with van der Waals surface area (Å²) in [5.41, 5.74) is 6.07. The third-order valence-corrected chi connectivity index (χ3v) is 4.88. The van der Waals surface area contributed by atoms with Crippen molar-refractivity contribution in [2.24, 2.45) is 29.4 Å². The highest BCUT2D eigenvalue weighted by molar-refractivity contribution is 6.22. The molecule has 3 amide bonds. The summed E-state index contributed by atoms with van der Waals surface area (Å²) in [4.78, 5) is 37.5. The summed E-state index contributed by atoms with van der Waals surface area (Å²) in [6.07, 6.45) is 5.05. The van der Waals surface area contributed by atoms with Gasteiger partial charge >= 0.3 is 0 Å². The Balaban J connectivity index is 1.69. The van der Waals surface area contributed by atoms with Crippen LogP contribution in [0.2, 0.25) is 0 Å². The van der Waals surface area contributed by atoms with Gasteiger partial charge in [-0.05, 0) is 42.5 Å². The molecule has 5 heteroatoms. The minimum atomic E-state index is -0.528. The first-order chi connectivity index (χ1) is 10.1. The first kappa shape index (κ1) is 12.3. The number of anilines is 1. The molecule has 2 aliphatic carbocycles. The number of benzene rings is 1. The number of nitrogens with two attached hydrogens (primary N) is 1. The quantitative estimate of drug-likeness (QED) is 0.651. The standard InChI is InChI=1S/C16H14N2O3/c17-14(19)8-3-5-11(6-4-8)18-15(20)12-9-1-2-10(7-9)13(12)16(18)21/h1-6,9-10,12-13H,7H2,(H2,17,19)/t9-,10+,12-,13-/m0/s1. The van der Waals surface area contributed by atoms with Crippen molar-refractivity contribution in [1.29, 1.82) is 0 Å². The molecule has 2 N–H and O–H groups in total. The van der Waals surface area contributed by atoms with Gasteiger partial charge in [0.1, 0.15) is 0 Å². The van der Waals surface area contributed by atoms with Crippen LogP contribution in [-0.4, -0.2) is 17.7 Å². The number of primary amides is 1. The molecule has 1 saturated carbocycles. The van der Waals surface area contributed by atoms with Crippen LogP contribution in [0.25, 0.3) is 0 Å². The normalized spacial score (nSPS) is 32.9. The lowest BCUT2D eigenvalue weighted by Gasteiger charge is -2.17. The van der Waals surface area contributed by atoms with Crippen molar-refractivity contribution in [3.8, 4) is 0 Å². The van der Waals surface area contributed by atoms with Crippen molar-refractivity contribution in [1.82, 2.24) is 0 Å². The van der Waals surface area contributed by atoms with Gasteiger partial charge in [0.15, 0.2) is 0 Å². The molecule has 0 radical (unpaired) electrons. The number of hydrogen-bond donors (Lipinski definition) is 1. The van der Waals surface area contributed by atoms with E-state index in [1.807, 2.05) is 0 Å². The molecule has 106 valence electrons. The van der Waals surface area contributed by atoms with E-state index in [2.05, 4.69) is 12.2 Å². The number of fused-ring (bicyclic) bond motifs is 5. The Hall–Kier alpha value is -2.43. The number of imide groups is 1. The molecule has 3 aliphatic rings. The molecular formula is C16H14N2O3. The van der Waals surface area contributed by atoms with Crippen molar-refractivity contribution >= 4 is 23.4 Å². The Bertz CT molecular complexity index is 662. The fourth-order valence-corrected chi connectivity index (χ4v) is 3.93. The smallest absolute Gasteiger partial charge is 0.248 e. The van der Waals surface area contributed by atoms with Gasteiger partial charge in [-0.1, -0.05) is 12.2 Å². The zero-order chi connectivity index (χ0) is 14.7. The Kier molecular flexibility index (Phi) is 2.37. The Morgan fingerprint density at radius 1 is 1.00 bits per heavy atom. The molecule has 2 fully saturated rings. The van der Waals surface area contributed by atoms with Gasteiger partial charge < -0.3 is 5.73 Å². The van der Waals surface area contributed by atoms with Crippen LogP contribution in [0.3, 0.4) is 0 Å². The van der Waals surface area contributed by atoms with Crippen LogP contribution in [0.1, 0.15) is 16.8 Å². The predicted octanol–water partition coefficient (Wildman–Crippen LogP) is 1.10. The van der Waals surface area contributed by atoms with Gasteiger partial charge in [-0.25, -0.2) is 0 Å². The molecule has 0 unspecified atom stereocenters. The Morgan fingerprint density at radius 3 is 2.00 bits per heavy atom. The van der Waals surface area contributed by atoms with E-state index >= 15 is 0 Å². The van der Waals surface area contributed by atoms with E-state index < -0.39 is 5.91 Å². The topological polar surface area (TPSA) is 80.5 Å². The molecule has 1 aromatic rings. The number of rotatable bonds is 2. The molecule has 1 aromatic carbocycles. The van der Waals surface area contributed by atoms with Crippen LogP contribution in [0, 0.1) is 23.7 Å². The summed E-state index contributed by atoms with van der Waals surface area (Å²) in [6, 6.07) is 6.29. The highest BCUT2D eigenvalue weighted by Gasteiger charge is 2.59. The van der Waals surface area contributed by atoms with Gasteiger partial charge in [-0.2, -0.15) is 0 Å². The molecule has 1 saturated heterocycles. The number of allylic oxidation sites excluding steroid dienone is 2. The molecule has 5 nitrogen and oxygen atoms in total. The van der Waals surface area contributed by atoms with E-state index in [4.69, 9.17) is 5.73 Å². The van der Waals surface area contributed by atoms with Crippen molar-refractivity contribution in [2.75, 3.05) is 4.90 Å². The lowest BCUT2D eigenvalue weighted by atomic mass is 9.85. The Morgan fingerprint density at radius 2 is 1.52 bits per heavy atom. The average molecular weight is 282 g/mol. The van der Waals surface area contributed by atoms with Gasteiger partial charge in [0, 0.05) is 5.56 Å². The Labute approximate surface area is 121 Å². The molecule has 4 atom stereocenters. The van der Waals surface area contributed by atoms with Crippen LogP contribution in [-0.2, 0) is 9.59 Å². The number of nitrogens with zero attached hydrogens (tertiary/aromatic N) is 1. The fraction of sp³-hybridized carbons (Fsp3) is 0.312. The minimum Gasteiger partial charge on any atom is -0.366 e.